The SMILES string of the molecule is Fc1cccnc1NCCCNC1CC1. The highest BCUT2D eigenvalue weighted by Gasteiger charge is 2.19. The van der Waals surface area contributed by atoms with Crippen molar-refractivity contribution in [2.24, 2.45) is 0 Å². The van der Waals surface area contributed by atoms with Crippen LogP contribution in [0.5, 0.6) is 0 Å². The summed E-state index contributed by atoms with van der Waals surface area (Å²) in [5, 5.41) is 6.38. The second kappa shape index (κ2) is 5.07. The molecule has 0 amide bonds. The predicted octanol–water partition coefficient (Wildman–Crippen LogP) is 1.77. The van der Waals surface area contributed by atoms with Gasteiger partial charge in [0.15, 0.2) is 11.6 Å². The number of hydrogen-bond donors (Lipinski definition) is 2. The summed E-state index contributed by atoms with van der Waals surface area (Å²) in [6.45, 7) is 1.75. The summed E-state index contributed by atoms with van der Waals surface area (Å²) in [4.78, 5) is 3.92. The largest absolute Gasteiger partial charge is 0.368 e. The first-order chi connectivity index (χ1) is 7.36. The molecule has 3 nitrogen and oxygen atoms in total. The van der Waals surface area contributed by atoms with Crippen molar-refractivity contribution in [3.05, 3.63) is 24.1 Å². The molecule has 0 aliphatic heterocycles. The summed E-state index contributed by atoms with van der Waals surface area (Å²) in [6, 6.07) is 3.75. The van der Waals surface area contributed by atoms with Gasteiger partial charge in [0.2, 0.25) is 0 Å². The zero-order chi connectivity index (χ0) is 10.5. The minimum atomic E-state index is -0.285. The molecule has 0 spiro atoms. The van der Waals surface area contributed by atoms with Gasteiger partial charge in [0.1, 0.15) is 0 Å². The van der Waals surface area contributed by atoms with Gasteiger partial charge in [-0.1, -0.05) is 0 Å². The fraction of sp³-hybridized carbons (Fsp3) is 0.545. The van der Waals surface area contributed by atoms with E-state index in [-0.39, 0.29) is 5.82 Å². The second-order valence-corrected chi connectivity index (χ2v) is 3.84. The molecule has 0 atom stereocenters. The van der Waals surface area contributed by atoms with E-state index < -0.39 is 0 Å². The molecule has 1 aliphatic rings. The fourth-order valence-electron chi connectivity index (χ4n) is 1.40. The maximum absolute atomic E-state index is 13.1. The zero-order valence-corrected chi connectivity index (χ0v) is 8.67. The molecule has 0 aromatic carbocycles. The van der Waals surface area contributed by atoms with Crippen LogP contribution in [-0.4, -0.2) is 24.1 Å². The Kier molecular flexibility index (Phi) is 3.50. The Labute approximate surface area is 89.1 Å². The predicted molar refractivity (Wildman–Crippen MR) is 58.3 cm³/mol. The Morgan fingerprint density at radius 3 is 3.00 bits per heavy atom. The Hall–Kier alpha value is -1.16. The van der Waals surface area contributed by atoms with E-state index >= 15 is 0 Å². The van der Waals surface area contributed by atoms with E-state index in [1.807, 2.05) is 0 Å². The van der Waals surface area contributed by atoms with Crippen LogP contribution in [-0.2, 0) is 0 Å². The number of nitrogens with one attached hydrogen (secondary N) is 2. The Morgan fingerprint density at radius 1 is 1.40 bits per heavy atom. The Balaban J connectivity index is 1.62. The molecule has 1 aliphatic carbocycles. The molecule has 0 radical (unpaired) electrons. The topological polar surface area (TPSA) is 37.0 Å². The van der Waals surface area contributed by atoms with Crippen molar-refractivity contribution in [3.8, 4) is 0 Å². The molecule has 2 N–H and O–H groups in total. The third-order valence-corrected chi connectivity index (χ3v) is 2.41. The van der Waals surface area contributed by atoms with Crippen molar-refractivity contribution in [1.29, 1.82) is 0 Å². The monoisotopic (exact) mass is 209 g/mol. The lowest BCUT2D eigenvalue weighted by atomic mass is 10.4. The Bertz CT molecular complexity index is 312. The van der Waals surface area contributed by atoms with Crippen molar-refractivity contribution in [2.45, 2.75) is 25.3 Å². The van der Waals surface area contributed by atoms with Gasteiger partial charge in [-0.05, 0) is 37.9 Å². The van der Waals surface area contributed by atoms with Crippen molar-refractivity contribution >= 4 is 5.82 Å². The van der Waals surface area contributed by atoms with E-state index in [2.05, 4.69) is 15.6 Å². The van der Waals surface area contributed by atoms with Crippen LogP contribution in [0.3, 0.4) is 0 Å². The van der Waals surface area contributed by atoms with Crippen LogP contribution in [0.4, 0.5) is 10.2 Å². The molecule has 1 aromatic heterocycles. The van der Waals surface area contributed by atoms with Crippen molar-refractivity contribution in [3.63, 3.8) is 0 Å². The standard InChI is InChI=1S/C11H16FN3/c12-10-3-1-6-14-11(10)15-8-2-7-13-9-4-5-9/h1,3,6,9,13H,2,4-5,7-8H2,(H,14,15). The molecule has 82 valence electrons. The van der Waals surface area contributed by atoms with Crippen LogP contribution in [0.25, 0.3) is 0 Å². The number of halogens is 1. The van der Waals surface area contributed by atoms with E-state index in [0.717, 1.165) is 25.6 Å². The molecule has 0 saturated heterocycles. The number of pyridine rings is 1. The number of anilines is 1. The molecule has 2 rings (SSSR count). The molecular formula is C11H16FN3. The summed E-state index contributed by atoms with van der Waals surface area (Å²) >= 11 is 0. The summed E-state index contributed by atoms with van der Waals surface area (Å²) in [6.07, 6.45) is 5.20. The normalized spacial score (nSPS) is 15.3. The molecular weight excluding hydrogens is 193 g/mol. The summed E-state index contributed by atoms with van der Waals surface area (Å²) in [5.74, 6) is 0.0663. The van der Waals surface area contributed by atoms with Crippen LogP contribution in [0.1, 0.15) is 19.3 Å². The van der Waals surface area contributed by atoms with Crippen LogP contribution < -0.4 is 10.6 Å². The molecule has 15 heavy (non-hydrogen) atoms. The van der Waals surface area contributed by atoms with E-state index in [1.165, 1.54) is 18.9 Å². The average Bonchev–Trinajstić information content (AvgIpc) is 3.04. The van der Waals surface area contributed by atoms with Gasteiger partial charge in [-0.2, -0.15) is 0 Å². The lowest BCUT2D eigenvalue weighted by molar-refractivity contribution is 0.620. The smallest absolute Gasteiger partial charge is 0.165 e. The number of rotatable bonds is 6. The van der Waals surface area contributed by atoms with Crippen LogP contribution in [0, 0.1) is 5.82 Å². The molecule has 1 fully saturated rings. The molecule has 4 heteroatoms. The van der Waals surface area contributed by atoms with Gasteiger partial charge in [-0.3, -0.25) is 0 Å². The van der Waals surface area contributed by atoms with Gasteiger partial charge >= 0.3 is 0 Å². The lowest BCUT2D eigenvalue weighted by Gasteiger charge is -2.06. The fourth-order valence-corrected chi connectivity index (χ4v) is 1.40. The highest BCUT2D eigenvalue weighted by molar-refractivity contribution is 5.35. The Morgan fingerprint density at radius 2 is 2.27 bits per heavy atom. The number of hydrogen-bond acceptors (Lipinski definition) is 3. The van der Waals surface area contributed by atoms with E-state index in [0.29, 0.717) is 5.82 Å². The van der Waals surface area contributed by atoms with Crippen LogP contribution >= 0.6 is 0 Å². The first kappa shape index (κ1) is 10.4. The first-order valence-electron chi connectivity index (χ1n) is 5.44. The van der Waals surface area contributed by atoms with Crippen molar-refractivity contribution in [2.75, 3.05) is 18.4 Å². The van der Waals surface area contributed by atoms with E-state index in [1.54, 1.807) is 12.3 Å². The maximum atomic E-state index is 13.1. The number of aromatic nitrogens is 1. The lowest BCUT2D eigenvalue weighted by Crippen LogP contribution is -2.20. The average molecular weight is 209 g/mol. The molecule has 0 unspecified atom stereocenters. The van der Waals surface area contributed by atoms with Crippen LogP contribution in [0.15, 0.2) is 18.3 Å². The highest BCUT2D eigenvalue weighted by Crippen LogP contribution is 2.18. The zero-order valence-electron chi connectivity index (χ0n) is 8.67. The van der Waals surface area contributed by atoms with E-state index in [4.69, 9.17) is 0 Å². The van der Waals surface area contributed by atoms with Gasteiger partial charge in [0.25, 0.3) is 0 Å². The highest BCUT2D eigenvalue weighted by atomic mass is 19.1. The second-order valence-electron chi connectivity index (χ2n) is 3.84. The molecule has 1 saturated carbocycles. The molecule has 1 heterocycles. The van der Waals surface area contributed by atoms with Crippen molar-refractivity contribution in [1.82, 2.24) is 10.3 Å². The third kappa shape index (κ3) is 3.47. The van der Waals surface area contributed by atoms with Crippen molar-refractivity contribution < 1.29 is 4.39 Å². The first-order valence-corrected chi connectivity index (χ1v) is 5.44. The molecule has 1 aromatic rings. The van der Waals surface area contributed by atoms with Gasteiger partial charge in [0, 0.05) is 18.8 Å². The quantitative estimate of drug-likeness (QED) is 0.701. The van der Waals surface area contributed by atoms with Gasteiger partial charge < -0.3 is 10.6 Å². The summed E-state index contributed by atoms with van der Waals surface area (Å²) < 4.78 is 13.1. The summed E-state index contributed by atoms with van der Waals surface area (Å²) in [5.41, 5.74) is 0. The van der Waals surface area contributed by atoms with E-state index in [9.17, 15) is 4.39 Å². The van der Waals surface area contributed by atoms with Gasteiger partial charge in [-0.25, -0.2) is 9.37 Å². The minimum Gasteiger partial charge on any atom is -0.368 e. The maximum Gasteiger partial charge on any atom is 0.165 e. The summed E-state index contributed by atoms with van der Waals surface area (Å²) in [7, 11) is 0. The minimum absolute atomic E-state index is 0.285. The molecule has 0 bridgehead atoms. The van der Waals surface area contributed by atoms with Gasteiger partial charge in [-0.15, -0.1) is 0 Å². The number of nitrogens with zero attached hydrogens (tertiary/aromatic N) is 1. The van der Waals surface area contributed by atoms with Gasteiger partial charge in [0.05, 0.1) is 0 Å². The third-order valence-electron chi connectivity index (χ3n) is 2.41. The van der Waals surface area contributed by atoms with Crippen LogP contribution in [0.2, 0.25) is 0 Å².